The van der Waals surface area contributed by atoms with E-state index < -0.39 is 0 Å². The first kappa shape index (κ1) is 29.3. The number of carbonyl (C=O) groups is 3. The Morgan fingerprint density at radius 1 is 0.902 bits per heavy atom. The number of rotatable bonds is 9. The van der Waals surface area contributed by atoms with Crippen LogP contribution < -0.4 is 21.3 Å². The van der Waals surface area contributed by atoms with Gasteiger partial charge in [0.15, 0.2) is 0 Å². The molecule has 0 radical (unpaired) electrons. The van der Waals surface area contributed by atoms with E-state index in [-0.39, 0.29) is 23.9 Å². The number of nitrogens with zero attached hydrogens (tertiary/aromatic N) is 3. The van der Waals surface area contributed by atoms with Gasteiger partial charge in [-0.2, -0.15) is 0 Å². The van der Waals surface area contributed by atoms with Crippen molar-refractivity contribution in [3.05, 3.63) is 71.8 Å². The van der Waals surface area contributed by atoms with E-state index in [1.165, 1.54) is 11.1 Å². The molecular formula is C31H37N7O3. The minimum Gasteiger partial charge on any atom is -0.381 e. The summed E-state index contributed by atoms with van der Waals surface area (Å²) in [6.07, 6.45) is 7.20. The number of amides is 4. The predicted octanol–water partition coefficient (Wildman–Crippen LogP) is 5.38. The number of benzene rings is 1. The molecule has 4 rings (SSSR count). The molecule has 0 atom stereocenters. The molecular weight excluding hydrogens is 518 g/mol. The highest BCUT2D eigenvalue weighted by molar-refractivity contribution is 6.28. The summed E-state index contributed by atoms with van der Waals surface area (Å²) in [5.74, 6) is -0.477. The summed E-state index contributed by atoms with van der Waals surface area (Å²) in [7, 11) is 3.34. The molecule has 0 aliphatic carbocycles. The average molecular weight is 556 g/mol. The fourth-order valence-corrected chi connectivity index (χ4v) is 4.60. The molecule has 1 aromatic carbocycles. The van der Waals surface area contributed by atoms with E-state index in [1.807, 2.05) is 45.0 Å². The van der Waals surface area contributed by atoms with Crippen LogP contribution in [0, 0.1) is 0 Å². The largest absolute Gasteiger partial charge is 0.381 e. The number of carbonyl (C=O) groups excluding carboxylic acids is 3. The van der Waals surface area contributed by atoms with E-state index in [2.05, 4.69) is 31.2 Å². The predicted molar refractivity (Wildman–Crippen MR) is 163 cm³/mol. The van der Waals surface area contributed by atoms with E-state index >= 15 is 0 Å². The zero-order valence-corrected chi connectivity index (χ0v) is 24.2. The summed E-state index contributed by atoms with van der Waals surface area (Å²) in [6, 6.07) is 10.9. The summed E-state index contributed by atoms with van der Waals surface area (Å²) in [5, 5.41) is 12.2. The lowest BCUT2D eigenvalue weighted by atomic mass is 9.90. The fourth-order valence-electron chi connectivity index (χ4n) is 4.60. The molecule has 4 N–H and O–H groups in total. The van der Waals surface area contributed by atoms with Crippen LogP contribution in [0.1, 0.15) is 56.1 Å². The van der Waals surface area contributed by atoms with E-state index in [4.69, 9.17) is 0 Å². The Kier molecular flexibility index (Phi) is 9.34. The number of hydrogen-bond acceptors (Lipinski definition) is 6. The molecule has 1 aliphatic heterocycles. The average Bonchev–Trinajstić information content (AvgIpc) is 2.99. The van der Waals surface area contributed by atoms with Gasteiger partial charge < -0.3 is 26.2 Å². The zero-order chi connectivity index (χ0) is 29.5. The van der Waals surface area contributed by atoms with E-state index in [0.29, 0.717) is 35.6 Å². The molecule has 10 nitrogen and oxygen atoms in total. The molecule has 0 unspecified atom stereocenters. The first-order valence-corrected chi connectivity index (χ1v) is 13.9. The van der Waals surface area contributed by atoms with E-state index in [1.54, 1.807) is 38.6 Å². The van der Waals surface area contributed by atoms with Gasteiger partial charge in [-0.15, -0.1) is 0 Å². The van der Waals surface area contributed by atoms with Gasteiger partial charge in [0.1, 0.15) is 5.69 Å². The van der Waals surface area contributed by atoms with Gasteiger partial charge in [0.2, 0.25) is 0 Å². The summed E-state index contributed by atoms with van der Waals surface area (Å²) in [5.41, 5.74) is 6.25. The maximum atomic E-state index is 13.7. The SMILES string of the molecule is CCC1=C(C(=O)Nc2ccc(C(=O)NC(CC)CC)nc2)c2cc(-c3cncc(NC(=O)N(C)C)c3)ccc2NC1. The number of fused-ring (bicyclic) bond motifs is 1. The van der Waals surface area contributed by atoms with Crippen LogP contribution in [-0.2, 0) is 4.79 Å². The van der Waals surface area contributed by atoms with Crippen LogP contribution in [-0.4, -0.2) is 59.4 Å². The number of hydrogen-bond donors (Lipinski definition) is 4. The minimum atomic E-state index is -0.248. The molecule has 214 valence electrons. The Bertz CT molecular complexity index is 1460. The van der Waals surface area contributed by atoms with Gasteiger partial charge in [-0.25, -0.2) is 9.78 Å². The minimum absolute atomic E-state index is 0.100. The lowest BCUT2D eigenvalue weighted by Gasteiger charge is -2.25. The lowest BCUT2D eigenvalue weighted by molar-refractivity contribution is -0.111. The number of nitrogens with one attached hydrogen (secondary N) is 4. The van der Waals surface area contributed by atoms with Crippen LogP contribution in [0.25, 0.3) is 16.7 Å². The number of aromatic nitrogens is 2. The third-order valence-corrected chi connectivity index (χ3v) is 7.09. The summed E-state index contributed by atoms with van der Waals surface area (Å²) >= 11 is 0. The van der Waals surface area contributed by atoms with Crippen LogP contribution in [0.5, 0.6) is 0 Å². The van der Waals surface area contributed by atoms with E-state index in [0.717, 1.165) is 40.8 Å². The number of pyridine rings is 2. The van der Waals surface area contributed by atoms with Crippen molar-refractivity contribution in [1.82, 2.24) is 20.2 Å². The third kappa shape index (κ3) is 6.89. The normalized spacial score (nSPS) is 12.3. The molecule has 0 spiro atoms. The number of anilines is 3. The Morgan fingerprint density at radius 2 is 1.68 bits per heavy atom. The van der Waals surface area contributed by atoms with Gasteiger partial charge in [0.25, 0.3) is 11.8 Å². The van der Waals surface area contributed by atoms with Crippen molar-refractivity contribution in [3.8, 4) is 11.1 Å². The Morgan fingerprint density at radius 3 is 2.34 bits per heavy atom. The summed E-state index contributed by atoms with van der Waals surface area (Å²) in [6.45, 7) is 6.64. The molecule has 4 amide bonds. The highest BCUT2D eigenvalue weighted by atomic mass is 16.2. The molecule has 0 saturated carbocycles. The van der Waals surface area contributed by atoms with Gasteiger partial charge in [-0.3, -0.25) is 14.6 Å². The van der Waals surface area contributed by atoms with Crippen molar-refractivity contribution < 1.29 is 14.4 Å². The first-order chi connectivity index (χ1) is 19.7. The molecule has 1 aliphatic rings. The highest BCUT2D eigenvalue weighted by Gasteiger charge is 2.24. The van der Waals surface area contributed by atoms with Crippen LogP contribution in [0.15, 0.2) is 60.6 Å². The molecule has 3 aromatic rings. The lowest BCUT2D eigenvalue weighted by Crippen LogP contribution is -2.34. The van der Waals surface area contributed by atoms with Gasteiger partial charge in [-0.1, -0.05) is 26.8 Å². The molecule has 3 heterocycles. The second kappa shape index (κ2) is 13.1. The summed E-state index contributed by atoms with van der Waals surface area (Å²) < 4.78 is 0. The second-order valence-corrected chi connectivity index (χ2v) is 10.1. The Hall–Kier alpha value is -4.73. The maximum absolute atomic E-state index is 13.7. The smallest absolute Gasteiger partial charge is 0.321 e. The van der Waals surface area contributed by atoms with Crippen LogP contribution in [0.2, 0.25) is 0 Å². The van der Waals surface area contributed by atoms with Crippen molar-refractivity contribution in [2.24, 2.45) is 0 Å². The highest BCUT2D eigenvalue weighted by Crippen LogP contribution is 2.36. The van der Waals surface area contributed by atoms with E-state index in [9.17, 15) is 14.4 Å². The molecule has 0 fully saturated rings. The van der Waals surface area contributed by atoms with Gasteiger partial charge in [-0.05, 0) is 60.7 Å². The molecule has 10 heteroatoms. The van der Waals surface area contributed by atoms with Crippen molar-refractivity contribution in [2.45, 2.75) is 46.1 Å². The molecule has 2 aromatic heterocycles. The fraction of sp³-hybridized carbons (Fsp3) is 0.323. The van der Waals surface area contributed by atoms with Crippen molar-refractivity contribution in [3.63, 3.8) is 0 Å². The van der Waals surface area contributed by atoms with Crippen LogP contribution >= 0.6 is 0 Å². The van der Waals surface area contributed by atoms with Crippen molar-refractivity contribution >= 4 is 40.5 Å². The van der Waals surface area contributed by atoms with Crippen molar-refractivity contribution in [1.29, 1.82) is 0 Å². The van der Waals surface area contributed by atoms with Gasteiger partial charge in [0.05, 0.1) is 23.8 Å². The Labute approximate surface area is 240 Å². The molecule has 0 saturated heterocycles. The summed E-state index contributed by atoms with van der Waals surface area (Å²) in [4.78, 5) is 48.3. The number of urea groups is 1. The van der Waals surface area contributed by atoms with Crippen LogP contribution in [0.4, 0.5) is 21.9 Å². The quantitative estimate of drug-likeness (QED) is 0.281. The van der Waals surface area contributed by atoms with Gasteiger partial charge in [0, 0.05) is 55.3 Å². The zero-order valence-electron chi connectivity index (χ0n) is 24.2. The Balaban J connectivity index is 1.58. The molecule has 41 heavy (non-hydrogen) atoms. The topological polar surface area (TPSA) is 128 Å². The van der Waals surface area contributed by atoms with Crippen molar-refractivity contribution in [2.75, 3.05) is 36.6 Å². The van der Waals surface area contributed by atoms with Crippen LogP contribution in [0.3, 0.4) is 0 Å². The maximum Gasteiger partial charge on any atom is 0.321 e. The standard InChI is InChI=1S/C31H37N7O3/c1-6-19-16-33-26-11-9-20(21-13-24(17-32-15-21)37-31(41)38(4)5)14-25(26)28(19)30(40)36-23-10-12-27(34-18-23)29(39)35-22(7-2)8-3/h9-15,17-18,22,33H,6-8,16H2,1-5H3,(H,35,39)(H,36,40)(H,37,41). The monoisotopic (exact) mass is 555 g/mol. The third-order valence-electron chi connectivity index (χ3n) is 7.09. The molecule has 0 bridgehead atoms. The second-order valence-electron chi connectivity index (χ2n) is 10.1. The van der Waals surface area contributed by atoms with Gasteiger partial charge >= 0.3 is 6.03 Å². The first-order valence-electron chi connectivity index (χ1n) is 13.9.